The Kier molecular flexibility index (Phi) is 5.24. The van der Waals surface area contributed by atoms with Crippen LogP contribution in [0.1, 0.15) is 58.3 Å². The molecule has 0 aromatic heterocycles. The van der Waals surface area contributed by atoms with Gasteiger partial charge in [0.15, 0.2) is 0 Å². The lowest BCUT2D eigenvalue weighted by Crippen LogP contribution is -2.36. The van der Waals surface area contributed by atoms with Crippen molar-refractivity contribution in [3.63, 3.8) is 0 Å². The molecule has 132 valence electrons. The fourth-order valence-electron chi connectivity index (χ4n) is 4.26. The third-order valence-electron chi connectivity index (χ3n) is 5.48. The van der Waals surface area contributed by atoms with Crippen LogP contribution in [0.2, 0.25) is 0 Å². The fourth-order valence-corrected chi connectivity index (χ4v) is 4.26. The molecule has 0 amide bonds. The molecule has 0 bridgehead atoms. The first-order valence-corrected chi connectivity index (χ1v) is 9.11. The van der Waals surface area contributed by atoms with Gasteiger partial charge in [-0.25, -0.2) is 4.79 Å². The van der Waals surface area contributed by atoms with E-state index in [0.29, 0.717) is 12.1 Å². The summed E-state index contributed by atoms with van der Waals surface area (Å²) in [6.07, 6.45) is 5.01. The van der Waals surface area contributed by atoms with Crippen molar-refractivity contribution in [3.8, 4) is 0 Å². The first kappa shape index (κ1) is 17.7. The molecule has 0 spiro atoms. The predicted octanol–water partition coefficient (Wildman–Crippen LogP) is 4.60. The lowest BCUT2D eigenvalue weighted by molar-refractivity contribution is 0.0696. The normalized spacial score (nSPS) is 16.1. The van der Waals surface area contributed by atoms with Crippen LogP contribution in [-0.2, 0) is 12.0 Å². The van der Waals surface area contributed by atoms with E-state index < -0.39 is 5.97 Å². The van der Waals surface area contributed by atoms with E-state index in [1.807, 2.05) is 12.1 Å². The second-order valence-electron chi connectivity index (χ2n) is 7.41. The van der Waals surface area contributed by atoms with Gasteiger partial charge in [-0.15, -0.1) is 0 Å². The molecule has 1 aliphatic carbocycles. The first-order chi connectivity index (χ1) is 12.0. The highest BCUT2D eigenvalue weighted by Crippen LogP contribution is 2.42. The highest BCUT2D eigenvalue weighted by molar-refractivity contribution is 5.87. The van der Waals surface area contributed by atoms with E-state index >= 15 is 0 Å². The van der Waals surface area contributed by atoms with Crippen LogP contribution in [0.15, 0.2) is 42.5 Å². The van der Waals surface area contributed by atoms with E-state index in [2.05, 4.69) is 37.4 Å². The molecular weight excluding hydrogens is 310 g/mol. The molecule has 2 aromatic rings. The topological polar surface area (TPSA) is 49.3 Å². The summed E-state index contributed by atoms with van der Waals surface area (Å²) in [4.78, 5) is 11.1. The third kappa shape index (κ3) is 3.93. The number of benzene rings is 2. The molecule has 0 atom stereocenters. The molecule has 1 saturated carbocycles. The van der Waals surface area contributed by atoms with E-state index in [0.717, 1.165) is 12.1 Å². The van der Waals surface area contributed by atoms with Gasteiger partial charge >= 0.3 is 5.97 Å². The molecule has 0 aliphatic heterocycles. The maximum atomic E-state index is 11.1. The SMILES string of the molecule is Cc1ccc(C2(CNCc3cccc(C(=O)O)c3)CCCC2)c(C)c1. The van der Waals surface area contributed by atoms with Crippen LogP contribution >= 0.6 is 0 Å². The van der Waals surface area contributed by atoms with Gasteiger partial charge in [0.2, 0.25) is 0 Å². The van der Waals surface area contributed by atoms with Crippen LogP contribution in [0.25, 0.3) is 0 Å². The summed E-state index contributed by atoms with van der Waals surface area (Å²) in [6.45, 7) is 6.01. The Bertz CT molecular complexity index is 760. The van der Waals surface area contributed by atoms with Crippen molar-refractivity contribution in [3.05, 3.63) is 70.3 Å². The van der Waals surface area contributed by atoms with Crippen LogP contribution < -0.4 is 5.32 Å². The van der Waals surface area contributed by atoms with Gasteiger partial charge in [0.25, 0.3) is 0 Å². The first-order valence-electron chi connectivity index (χ1n) is 9.11. The van der Waals surface area contributed by atoms with Crippen molar-refractivity contribution in [2.45, 2.75) is 51.5 Å². The lowest BCUT2D eigenvalue weighted by Gasteiger charge is -2.32. The standard InChI is InChI=1S/C22H27NO2/c1-16-8-9-20(17(2)12-16)22(10-3-4-11-22)15-23-14-18-6-5-7-19(13-18)21(24)25/h5-9,12-13,23H,3-4,10-11,14-15H2,1-2H3,(H,24,25). The zero-order chi connectivity index (χ0) is 17.9. The molecule has 3 rings (SSSR count). The molecule has 3 nitrogen and oxygen atoms in total. The highest BCUT2D eigenvalue weighted by atomic mass is 16.4. The summed E-state index contributed by atoms with van der Waals surface area (Å²) >= 11 is 0. The van der Waals surface area contributed by atoms with E-state index in [1.165, 1.54) is 42.4 Å². The number of carboxylic acid groups (broad SMARTS) is 1. The Morgan fingerprint density at radius 3 is 2.56 bits per heavy atom. The highest BCUT2D eigenvalue weighted by Gasteiger charge is 2.36. The van der Waals surface area contributed by atoms with Crippen LogP contribution in [0.3, 0.4) is 0 Å². The second kappa shape index (κ2) is 7.40. The van der Waals surface area contributed by atoms with Crippen molar-refractivity contribution >= 4 is 5.97 Å². The third-order valence-corrected chi connectivity index (χ3v) is 5.48. The molecular formula is C22H27NO2. The van der Waals surface area contributed by atoms with Crippen LogP contribution in [0, 0.1) is 13.8 Å². The number of hydrogen-bond donors (Lipinski definition) is 2. The van der Waals surface area contributed by atoms with Gasteiger partial charge in [0, 0.05) is 18.5 Å². The van der Waals surface area contributed by atoms with Gasteiger partial charge in [0.1, 0.15) is 0 Å². The van der Waals surface area contributed by atoms with Gasteiger partial charge in [-0.05, 0) is 55.5 Å². The maximum Gasteiger partial charge on any atom is 0.335 e. The largest absolute Gasteiger partial charge is 0.478 e. The van der Waals surface area contributed by atoms with Gasteiger partial charge in [0.05, 0.1) is 5.56 Å². The monoisotopic (exact) mass is 337 g/mol. The van der Waals surface area contributed by atoms with Gasteiger partial charge in [-0.2, -0.15) is 0 Å². The molecule has 25 heavy (non-hydrogen) atoms. The minimum Gasteiger partial charge on any atom is -0.478 e. The summed E-state index contributed by atoms with van der Waals surface area (Å²) in [7, 11) is 0. The number of aromatic carboxylic acids is 1. The Balaban J connectivity index is 1.73. The molecule has 0 unspecified atom stereocenters. The average Bonchev–Trinajstić information content (AvgIpc) is 3.04. The molecule has 0 radical (unpaired) electrons. The van der Waals surface area contributed by atoms with E-state index in [1.54, 1.807) is 12.1 Å². The summed E-state index contributed by atoms with van der Waals surface area (Å²) in [5.74, 6) is -0.871. The van der Waals surface area contributed by atoms with Crippen molar-refractivity contribution in [2.24, 2.45) is 0 Å². The second-order valence-corrected chi connectivity index (χ2v) is 7.41. The van der Waals surface area contributed by atoms with Gasteiger partial charge in [-0.1, -0.05) is 48.7 Å². The van der Waals surface area contributed by atoms with E-state index in [9.17, 15) is 4.79 Å². The number of rotatable bonds is 6. The minimum absolute atomic E-state index is 0.211. The van der Waals surface area contributed by atoms with Gasteiger partial charge < -0.3 is 10.4 Å². The minimum atomic E-state index is -0.871. The molecule has 2 aromatic carbocycles. The Hall–Kier alpha value is -2.13. The fraction of sp³-hybridized carbons (Fsp3) is 0.409. The Morgan fingerprint density at radius 1 is 1.12 bits per heavy atom. The number of nitrogens with one attached hydrogen (secondary N) is 1. The van der Waals surface area contributed by atoms with E-state index in [-0.39, 0.29) is 5.41 Å². The van der Waals surface area contributed by atoms with Crippen LogP contribution in [0.4, 0.5) is 0 Å². The van der Waals surface area contributed by atoms with Crippen molar-refractivity contribution in [1.82, 2.24) is 5.32 Å². The summed E-state index contributed by atoms with van der Waals surface area (Å²) in [5.41, 5.74) is 5.76. The molecule has 3 heteroatoms. The van der Waals surface area contributed by atoms with Crippen LogP contribution in [-0.4, -0.2) is 17.6 Å². The van der Waals surface area contributed by atoms with Crippen molar-refractivity contribution in [2.75, 3.05) is 6.54 Å². The quantitative estimate of drug-likeness (QED) is 0.810. The lowest BCUT2D eigenvalue weighted by atomic mass is 9.76. The predicted molar refractivity (Wildman–Crippen MR) is 101 cm³/mol. The molecule has 1 fully saturated rings. The van der Waals surface area contributed by atoms with Crippen LogP contribution in [0.5, 0.6) is 0 Å². The smallest absolute Gasteiger partial charge is 0.335 e. The zero-order valence-corrected chi connectivity index (χ0v) is 15.1. The number of carbonyl (C=O) groups is 1. The zero-order valence-electron chi connectivity index (χ0n) is 15.1. The van der Waals surface area contributed by atoms with Crippen molar-refractivity contribution in [1.29, 1.82) is 0 Å². The summed E-state index contributed by atoms with van der Waals surface area (Å²) < 4.78 is 0. The Labute approximate surface area is 150 Å². The number of aryl methyl sites for hydroxylation is 2. The number of hydrogen-bond acceptors (Lipinski definition) is 2. The molecule has 1 aliphatic rings. The molecule has 0 heterocycles. The van der Waals surface area contributed by atoms with Gasteiger partial charge in [-0.3, -0.25) is 0 Å². The average molecular weight is 337 g/mol. The van der Waals surface area contributed by atoms with E-state index in [4.69, 9.17) is 5.11 Å². The van der Waals surface area contributed by atoms with Crippen molar-refractivity contribution < 1.29 is 9.90 Å². The molecule has 2 N–H and O–H groups in total. The molecule has 0 saturated heterocycles. The maximum absolute atomic E-state index is 11.1. The summed E-state index contributed by atoms with van der Waals surface area (Å²) in [6, 6.07) is 14.0. The Morgan fingerprint density at radius 2 is 1.88 bits per heavy atom. The summed E-state index contributed by atoms with van der Waals surface area (Å²) in [5, 5.41) is 12.7. The number of carboxylic acids is 1.